The number of hydrogen-bond donors (Lipinski definition) is 1. The lowest BCUT2D eigenvalue weighted by Crippen LogP contribution is -2.17. The lowest BCUT2D eigenvalue weighted by Gasteiger charge is -2.18. The van der Waals surface area contributed by atoms with Crippen LogP contribution in [0.3, 0.4) is 0 Å². The maximum atomic E-state index is 9.72. The summed E-state index contributed by atoms with van der Waals surface area (Å²) in [5.41, 5.74) is 0. The Kier molecular flexibility index (Phi) is 4.01. The molecule has 0 aromatic carbocycles. The quantitative estimate of drug-likeness (QED) is 0.549. The molecule has 0 spiro atoms. The molecule has 1 N–H and O–H groups in total. The van der Waals surface area contributed by atoms with Crippen molar-refractivity contribution in [2.75, 3.05) is 0 Å². The molecule has 0 heterocycles. The van der Waals surface area contributed by atoms with E-state index in [1.165, 1.54) is 0 Å². The van der Waals surface area contributed by atoms with Crippen molar-refractivity contribution in [3.63, 3.8) is 0 Å². The van der Waals surface area contributed by atoms with Crippen molar-refractivity contribution < 1.29 is 5.11 Å². The monoisotopic (exact) mass is 200 g/mol. The van der Waals surface area contributed by atoms with Crippen molar-refractivity contribution in [3.8, 4) is 0 Å². The van der Waals surface area contributed by atoms with Crippen LogP contribution < -0.4 is 0 Å². The highest BCUT2D eigenvalue weighted by atomic mass is 35.5. The van der Waals surface area contributed by atoms with Gasteiger partial charge in [-0.1, -0.05) is 18.2 Å². The van der Waals surface area contributed by atoms with E-state index < -0.39 is 0 Å². The van der Waals surface area contributed by atoms with E-state index in [0.717, 1.165) is 6.42 Å². The normalized spacial score (nSPS) is 39.9. The summed E-state index contributed by atoms with van der Waals surface area (Å²) in [6, 6.07) is 0. The third-order valence-electron chi connectivity index (χ3n) is 2.72. The minimum Gasteiger partial charge on any atom is -0.392 e. The second kappa shape index (κ2) is 4.83. The summed E-state index contributed by atoms with van der Waals surface area (Å²) in [5.74, 6) is 0.566. The highest BCUT2D eigenvalue weighted by Gasteiger charge is 2.38. The lowest BCUT2D eigenvalue weighted by atomic mass is 9.91. The predicted molar refractivity (Wildman–Crippen MR) is 56.9 cm³/mol. The Bertz CT molecular complexity index is 200. The molecule has 0 radical (unpaired) electrons. The van der Waals surface area contributed by atoms with Crippen LogP contribution >= 0.6 is 11.6 Å². The number of halogens is 1. The maximum absolute atomic E-state index is 9.72. The van der Waals surface area contributed by atoms with E-state index in [1.54, 1.807) is 0 Å². The Morgan fingerprint density at radius 3 is 2.85 bits per heavy atom. The summed E-state index contributed by atoms with van der Waals surface area (Å²) in [5, 5.41) is 9.81. The van der Waals surface area contributed by atoms with E-state index in [-0.39, 0.29) is 17.4 Å². The van der Waals surface area contributed by atoms with Crippen LogP contribution in [0.25, 0.3) is 0 Å². The Morgan fingerprint density at radius 2 is 2.31 bits per heavy atom. The van der Waals surface area contributed by atoms with Gasteiger partial charge in [-0.3, -0.25) is 0 Å². The van der Waals surface area contributed by atoms with Gasteiger partial charge in [0.2, 0.25) is 0 Å². The first-order valence-electron chi connectivity index (χ1n) is 4.76. The maximum Gasteiger partial charge on any atom is 0.0620 e. The van der Waals surface area contributed by atoms with Crippen molar-refractivity contribution in [3.05, 3.63) is 24.8 Å². The van der Waals surface area contributed by atoms with E-state index >= 15 is 0 Å². The minimum atomic E-state index is -0.274. The standard InChI is InChI=1S/C11H17ClO/c1-3-5-8-9(6-4-2)11(13)7-10(8)12/h3-4,6,8-11,13H,1,5,7H2,2H3/b6-4+/t8-,9-,10-,11-/m1/s1. The molecule has 1 aliphatic carbocycles. The van der Waals surface area contributed by atoms with Gasteiger partial charge >= 0.3 is 0 Å². The number of allylic oxidation sites excluding steroid dienone is 2. The van der Waals surface area contributed by atoms with Crippen LogP contribution in [0.4, 0.5) is 0 Å². The van der Waals surface area contributed by atoms with Gasteiger partial charge < -0.3 is 5.11 Å². The molecule has 0 unspecified atom stereocenters. The third-order valence-corrected chi connectivity index (χ3v) is 3.23. The molecule has 2 heteroatoms. The molecule has 0 bridgehead atoms. The lowest BCUT2D eigenvalue weighted by molar-refractivity contribution is 0.142. The van der Waals surface area contributed by atoms with Gasteiger partial charge in [0.1, 0.15) is 0 Å². The SMILES string of the molecule is C=CC[C@@H]1[C@@H](/C=C/C)[C@H](O)C[C@H]1Cl. The molecule has 1 rings (SSSR count). The Hall–Kier alpha value is -0.270. The fraction of sp³-hybridized carbons (Fsp3) is 0.636. The van der Waals surface area contributed by atoms with Gasteiger partial charge in [-0.25, -0.2) is 0 Å². The highest BCUT2D eigenvalue weighted by Crippen LogP contribution is 2.39. The fourth-order valence-corrected chi connectivity index (χ4v) is 2.53. The summed E-state index contributed by atoms with van der Waals surface area (Å²) in [7, 11) is 0. The average molecular weight is 201 g/mol. The molecule has 0 saturated heterocycles. The van der Waals surface area contributed by atoms with Gasteiger partial charge in [0.15, 0.2) is 0 Å². The summed E-state index contributed by atoms with van der Waals surface area (Å²) >= 11 is 6.14. The van der Waals surface area contributed by atoms with Crippen molar-refractivity contribution in [2.24, 2.45) is 11.8 Å². The summed E-state index contributed by atoms with van der Waals surface area (Å²) < 4.78 is 0. The van der Waals surface area contributed by atoms with Crippen LogP contribution in [0.15, 0.2) is 24.8 Å². The molecule has 4 atom stereocenters. The summed E-state index contributed by atoms with van der Waals surface area (Å²) in [6.45, 7) is 5.69. The third kappa shape index (κ3) is 2.35. The number of rotatable bonds is 3. The molecule has 1 fully saturated rings. The molecule has 0 aromatic rings. The molecule has 74 valence electrons. The second-order valence-corrected chi connectivity index (χ2v) is 4.17. The van der Waals surface area contributed by atoms with Gasteiger partial charge in [-0.15, -0.1) is 18.2 Å². The van der Waals surface area contributed by atoms with Crippen molar-refractivity contribution in [2.45, 2.75) is 31.2 Å². The molecule has 0 aliphatic heterocycles. The van der Waals surface area contributed by atoms with Crippen LogP contribution in [0.5, 0.6) is 0 Å². The zero-order valence-corrected chi connectivity index (χ0v) is 8.74. The summed E-state index contributed by atoms with van der Waals surface area (Å²) in [4.78, 5) is 0. The van der Waals surface area contributed by atoms with Crippen LogP contribution in [-0.4, -0.2) is 16.6 Å². The summed E-state index contributed by atoms with van der Waals surface area (Å²) in [6.07, 6.45) is 7.24. The Labute approximate surface area is 85.1 Å². The number of alkyl halides is 1. The number of aliphatic hydroxyl groups is 1. The molecule has 13 heavy (non-hydrogen) atoms. The van der Waals surface area contributed by atoms with Crippen molar-refractivity contribution in [1.82, 2.24) is 0 Å². The fourth-order valence-electron chi connectivity index (χ4n) is 2.08. The second-order valence-electron chi connectivity index (χ2n) is 3.61. The molecular formula is C11H17ClO. The molecule has 1 aliphatic rings. The van der Waals surface area contributed by atoms with E-state index in [2.05, 4.69) is 12.7 Å². The van der Waals surface area contributed by atoms with E-state index in [1.807, 2.05) is 19.1 Å². The molecular weight excluding hydrogens is 184 g/mol. The van der Waals surface area contributed by atoms with Crippen molar-refractivity contribution >= 4 is 11.6 Å². The van der Waals surface area contributed by atoms with E-state index in [9.17, 15) is 5.11 Å². The zero-order chi connectivity index (χ0) is 9.84. The molecule has 0 amide bonds. The smallest absolute Gasteiger partial charge is 0.0620 e. The number of aliphatic hydroxyl groups excluding tert-OH is 1. The number of hydrogen-bond acceptors (Lipinski definition) is 1. The molecule has 1 nitrogen and oxygen atoms in total. The van der Waals surface area contributed by atoms with Crippen LogP contribution in [0.2, 0.25) is 0 Å². The van der Waals surface area contributed by atoms with E-state index in [0.29, 0.717) is 12.3 Å². The predicted octanol–water partition coefficient (Wildman–Crippen LogP) is 2.74. The van der Waals surface area contributed by atoms with Crippen LogP contribution in [0, 0.1) is 11.8 Å². The molecule has 1 saturated carbocycles. The topological polar surface area (TPSA) is 20.2 Å². The van der Waals surface area contributed by atoms with Gasteiger partial charge in [0.05, 0.1) is 6.10 Å². The Morgan fingerprint density at radius 1 is 1.62 bits per heavy atom. The largest absolute Gasteiger partial charge is 0.392 e. The zero-order valence-electron chi connectivity index (χ0n) is 7.99. The first-order chi connectivity index (χ1) is 6.20. The van der Waals surface area contributed by atoms with Gasteiger partial charge in [0, 0.05) is 11.3 Å². The average Bonchev–Trinajstić information content (AvgIpc) is 2.33. The van der Waals surface area contributed by atoms with E-state index in [4.69, 9.17) is 11.6 Å². The Balaban J connectivity index is 2.70. The van der Waals surface area contributed by atoms with Gasteiger partial charge in [-0.05, 0) is 25.7 Å². The first-order valence-corrected chi connectivity index (χ1v) is 5.20. The minimum absolute atomic E-state index is 0.0919. The first kappa shape index (κ1) is 10.8. The van der Waals surface area contributed by atoms with Gasteiger partial charge in [-0.2, -0.15) is 0 Å². The van der Waals surface area contributed by atoms with Crippen LogP contribution in [-0.2, 0) is 0 Å². The highest BCUT2D eigenvalue weighted by molar-refractivity contribution is 6.21. The molecule has 0 aromatic heterocycles. The van der Waals surface area contributed by atoms with Crippen LogP contribution in [0.1, 0.15) is 19.8 Å². The van der Waals surface area contributed by atoms with Gasteiger partial charge in [0.25, 0.3) is 0 Å². The van der Waals surface area contributed by atoms with Crippen molar-refractivity contribution in [1.29, 1.82) is 0 Å².